The smallest absolute Gasteiger partial charge is 0.159 e. The lowest BCUT2D eigenvalue weighted by molar-refractivity contribution is -0.115. The first-order valence-electron chi connectivity index (χ1n) is 8.37. The molecule has 3 aromatic rings. The fourth-order valence-electron chi connectivity index (χ4n) is 3.41. The van der Waals surface area contributed by atoms with Gasteiger partial charge in [0.1, 0.15) is 5.75 Å². The van der Waals surface area contributed by atoms with Gasteiger partial charge >= 0.3 is 0 Å². The monoisotopic (exact) mass is 329 g/mol. The van der Waals surface area contributed by atoms with Gasteiger partial charge < -0.3 is 9.64 Å². The van der Waals surface area contributed by atoms with Crippen LogP contribution in [-0.4, -0.2) is 12.9 Å². The van der Waals surface area contributed by atoms with Gasteiger partial charge in [0.05, 0.1) is 18.8 Å². The lowest BCUT2D eigenvalue weighted by Crippen LogP contribution is -2.29. The number of carbonyl (C=O) groups is 1. The van der Waals surface area contributed by atoms with Gasteiger partial charge in [-0.05, 0) is 40.6 Å². The number of allylic oxidation sites excluding steroid dienone is 1. The number of nitrogens with zero attached hydrogens (tertiary/aromatic N) is 1. The van der Waals surface area contributed by atoms with E-state index in [0.29, 0.717) is 6.42 Å². The second-order valence-electron chi connectivity index (χ2n) is 6.19. The van der Waals surface area contributed by atoms with Crippen molar-refractivity contribution >= 4 is 22.2 Å². The van der Waals surface area contributed by atoms with Gasteiger partial charge in [-0.3, -0.25) is 4.79 Å². The molecule has 0 N–H and O–H groups in total. The quantitative estimate of drug-likeness (QED) is 0.686. The van der Waals surface area contributed by atoms with Crippen molar-refractivity contribution in [2.75, 3.05) is 12.0 Å². The molecule has 0 aromatic heterocycles. The number of carbonyl (C=O) groups excluding carboxylic acids is 1. The Labute approximate surface area is 147 Å². The summed E-state index contributed by atoms with van der Waals surface area (Å²) < 4.78 is 5.52. The third kappa shape index (κ3) is 2.89. The number of benzene rings is 3. The lowest BCUT2D eigenvalue weighted by Gasteiger charge is -2.34. The number of methoxy groups -OCH3 is 1. The van der Waals surface area contributed by atoms with Crippen molar-refractivity contribution in [1.82, 2.24) is 0 Å². The Morgan fingerprint density at radius 2 is 1.72 bits per heavy atom. The van der Waals surface area contributed by atoms with Crippen molar-refractivity contribution in [3.8, 4) is 5.75 Å². The zero-order valence-corrected chi connectivity index (χ0v) is 14.1. The molecule has 1 atom stereocenters. The minimum atomic E-state index is -0.0431. The van der Waals surface area contributed by atoms with E-state index in [1.165, 1.54) is 10.8 Å². The fraction of sp³-hybridized carbons (Fsp3) is 0.136. The van der Waals surface area contributed by atoms with Crippen LogP contribution in [0.2, 0.25) is 0 Å². The van der Waals surface area contributed by atoms with E-state index >= 15 is 0 Å². The Kier molecular flexibility index (Phi) is 3.98. The summed E-state index contributed by atoms with van der Waals surface area (Å²) in [6.07, 6.45) is 3.96. The van der Waals surface area contributed by atoms with Crippen molar-refractivity contribution in [2.24, 2.45) is 0 Å². The number of fused-ring (bicyclic) bond motifs is 1. The van der Waals surface area contributed by atoms with E-state index in [-0.39, 0.29) is 11.8 Å². The maximum Gasteiger partial charge on any atom is 0.159 e. The van der Waals surface area contributed by atoms with Gasteiger partial charge in [0.25, 0.3) is 0 Å². The summed E-state index contributed by atoms with van der Waals surface area (Å²) in [4.78, 5) is 14.2. The Bertz CT molecular complexity index is 961. The van der Waals surface area contributed by atoms with Crippen LogP contribution in [0.25, 0.3) is 10.8 Å². The van der Waals surface area contributed by atoms with E-state index in [4.69, 9.17) is 4.74 Å². The summed E-state index contributed by atoms with van der Waals surface area (Å²) >= 11 is 0. The second kappa shape index (κ2) is 6.44. The number of ketones is 1. The molecule has 124 valence electrons. The van der Waals surface area contributed by atoms with Crippen molar-refractivity contribution in [1.29, 1.82) is 0 Å². The molecule has 25 heavy (non-hydrogen) atoms. The highest BCUT2D eigenvalue weighted by Crippen LogP contribution is 2.38. The number of ether oxygens (including phenoxy) is 1. The predicted molar refractivity (Wildman–Crippen MR) is 101 cm³/mol. The standard InChI is InChI=1S/C22H19NO2/c1-25-22-9-5-4-8-20(22)23-13-12-19(24)15-21(23)18-11-10-16-6-2-3-7-17(16)14-18/h2-14,21H,15H2,1H3/t21-/m1/s1. The summed E-state index contributed by atoms with van der Waals surface area (Å²) in [5, 5.41) is 2.38. The van der Waals surface area contributed by atoms with Crippen molar-refractivity contribution in [3.05, 3.63) is 84.6 Å². The zero-order valence-electron chi connectivity index (χ0n) is 14.1. The first kappa shape index (κ1) is 15.5. The average molecular weight is 329 g/mol. The summed E-state index contributed by atoms with van der Waals surface area (Å²) in [6.45, 7) is 0. The van der Waals surface area contributed by atoms with Crippen molar-refractivity contribution in [2.45, 2.75) is 12.5 Å². The highest BCUT2D eigenvalue weighted by molar-refractivity contribution is 5.93. The first-order chi connectivity index (χ1) is 12.3. The Morgan fingerprint density at radius 3 is 2.56 bits per heavy atom. The van der Waals surface area contributed by atoms with Gasteiger partial charge in [0.2, 0.25) is 0 Å². The normalized spacial score (nSPS) is 17.1. The molecule has 3 nitrogen and oxygen atoms in total. The first-order valence-corrected chi connectivity index (χ1v) is 8.37. The van der Waals surface area contributed by atoms with Crippen molar-refractivity contribution in [3.63, 3.8) is 0 Å². The van der Waals surface area contributed by atoms with Crippen LogP contribution in [-0.2, 0) is 4.79 Å². The number of hydrogen-bond acceptors (Lipinski definition) is 3. The van der Waals surface area contributed by atoms with Crippen LogP contribution < -0.4 is 9.64 Å². The Hall–Kier alpha value is -3.07. The Balaban J connectivity index is 1.81. The molecule has 3 aromatic carbocycles. The minimum absolute atomic E-state index is 0.0431. The molecule has 4 rings (SSSR count). The van der Waals surface area contributed by atoms with E-state index in [1.54, 1.807) is 13.2 Å². The third-order valence-corrected chi connectivity index (χ3v) is 4.67. The van der Waals surface area contributed by atoms with E-state index in [1.807, 2.05) is 42.6 Å². The van der Waals surface area contributed by atoms with Gasteiger partial charge in [-0.2, -0.15) is 0 Å². The topological polar surface area (TPSA) is 29.5 Å². The van der Waals surface area contributed by atoms with Crippen molar-refractivity contribution < 1.29 is 9.53 Å². The summed E-state index contributed by atoms with van der Waals surface area (Å²) in [7, 11) is 1.67. The molecule has 0 spiro atoms. The number of rotatable bonds is 3. The van der Waals surface area contributed by atoms with E-state index < -0.39 is 0 Å². The zero-order chi connectivity index (χ0) is 17.2. The van der Waals surface area contributed by atoms with Crippen LogP contribution in [0.3, 0.4) is 0 Å². The van der Waals surface area contributed by atoms with E-state index in [0.717, 1.165) is 17.0 Å². The van der Waals surface area contributed by atoms with Crippen LogP contribution in [0.4, 0.5) is 5.69 Å². The van der Waals surface area contributed by atoms with Gasteiger partial charge in [0.15, 0.2) is 5.78 Å². The van der Waals surface area contributed by atoms with Crippen LogP contribution >= 0.6 is 0 Å². The highest BCUT2D eigenvalue weighted by atomic mass is 16.5. The van der Waals surface area contributed by atoms with Crippen LogP contribution in [0, 0.1) is 0 Å². The van der Waals surface area contributed by atoms with Crippen LogP contribution in [0.15, 0.2) is 79.0 Å². The maximum atomic E-state index is 12.1. The second-order valence-corrected chi connectivity index (χ2v) is 6.19. The van der Waals surface area contributed by atoms with Gasteiger partial charge in [-0.15, -0.1) is 0 Å². The van der Waals surface area contributed by atoms with E-state index in [2.05, 4.69) is 35.2 Å². The van der Waals surface area contributed by atoms with Crippen LogP contribution in [0.5, 0.6) is 5.75 Å². The fourth-order valence-corrected chi connectivity index (χ4v) is 3.41. The summed E-state index contributed by atoms with van der Waals surface area (Å²) in [5.74, 6) is 0.941. The largest absolute Gasteiger partial charge is 0.495 e. The molecule has 3 heteroatoms. The molecule has 0 radical (unpaired) electrons. The predicted octanol–water partition coefficient (Wildman–Crippen LogP) is 4.88. The molecule has 0 saturated carbocycles. The summed E-state index contributed by atoms with van der Waals surface area (Å²) in [6, 6.07) is 22.5. The molecule has 1 aliphatic heterocycles. The maximum absolute atomic E-state index is 12.1. The molecule has 0 fully saturated rings. The molecule has 1 heterocycles. The SMILES string of the molecule is COc1ccccc1N1C=CC(=O)C[C@@H]1c1ccc2ccccc2c1. The molecular formula is C22H19NO2. The molecule has 0 unspecified atom stereocenters. The average Bonchev–Trinajstić information content (AvgIpc) is 2.67. The van der Waals surface area contributed by atoms with Gasteiger partial charge in [-0.1, -0.05) is 48.5 Å². The lowest BCUT2D eigenvalue weighted by atomic mass is 9.94. The number of hydrogen-bond donors (Lipinski definition) is 0. The Morgan fingerprint density at radius 1 is 0.960 bits per heavy atom. The van der Waals surface area contributed by atoms with Gasteiger partial charge in [-0.25, -0.2) is 0 Å². The minimum Gasteiger partial charge on any atom is -0.495 e. The highest BCUT2D eigenvalue weighted by Gasteiger charge is 2.27. The molecule has 0 saturated heterocycles. The van der Waals surface area contributed by atoms with Crippen LogP contribution in [0.1, 0.15) is 18.0 Å². The molecule has 0 bridgehead atoms. The molecule has 0 aliphatic carbocycles. The van der Waals surface area contributed by atoms with E-state index in [9.17, 15) is 4.79 Å². The van der Waals surface area contributed by atoms with Gasteiger partial charge in [0, 0.05) is 12.6 Å². The number of para-hydroxylation sites is 2. The molecule has 1 aliphatic rings. The number of anilines is 1. The summed E-state index contributed by atoms with van der Waals surface area (Å²) in [5.41, 5.74) is 2.09. The molecular weight excluding hydrogens is 310 g/mol. The third-order valence-electron chi connectivity index (χ3n) is 4.67. The molecule has 0 amide bonds.